The van der Waals surface area contributed by atoms with Gasteiger partial charge in [-0.1, -0.05) is 26.2 Å². The molecule has 0 saturated carbocycles. The zero-order valence-electron chi connectivity index (χ0n) is 9.66. The summed E-state index contributed by atoms with van der Waals surface area (Å²) in [6.45, 7) is 2.58. The smallest absolute Gasteiger partial charge is 0.0798 e. The minimum atomic E-state index is -0.397. The lowest BCUT2D eigenvalue weighted by Gasteiger charge is -2.18. The van der Waals surface area contributed by atoms with Crippen molar-refractivity contribution in [2.24, 2.45) is 0 Å². The molecule has 0 radical (unpaired) electrons. The Kier molecular flexibility index (Phi) is 9.35. The van der Waals surface area contributed by atoms with Crippen molar-refractivity contribution in [1.29, 1.82) is 0 Å². The monoisotopic (exact) mass is 204 g/mol. The van der Waals surface area contributed by atoms with Gasteiger partial charge < -0.3 is 14.6 Å². The lowest BCUT2D eigenvalue weighted by atomic mass is 10.1. The van der Waals surface area contributed by atoms with Crippen LogP contribution in [0, 0.1) is 0 Å². The van der Waals surface area contributed by atoms with Gasteiger partial charge in [0.25, 0.3) is 0 Å². The average molecular weight is 204 g/mol. The van der Waals surface area contributed by atoms with Crippen LogP contribution in [0.1, 0.15) is 39.0 Å². The fourth-order valence-corrected chi connectivity index (χ4v) is 1.52. The summed E-state index contributed by atoms with van der Waals surface area (Å²) in [6.07, 6.45) is 5.11. The summed E-state index contributed by atoms with van der Waals surface area (Å²) < 4.78 is 10.2. The van der Waals surface area contributed by atoms with Crippen molar-refractivity contribution >= 4 is 0 Å². The van der Waals surface area contributed by atoms with Crippen molar-refractivity contribution in [2.75, 3.05) is 20.8 Å². The van der Waals surface area contributed by atoms with E-state index in [1.54, 1.807) is 14.2 Å². The van der Waals surface area contributed by atoms with E-state index in [9.17, 15) is 5.11 Å². The van der Waals surface area contributed by atoms with Crippen LogP contribution >= 0.6 is 0 Å². The highest BCUT2D eigenvalue weighted by molar-refractivity contribution is 4.64. The van der Waals surface area contributed by atoms with Crippen molar-refractivity contribution < 1.29 is 14.6 Å². The molecule has 0 rings (SSSR count). The van der Waals surface area contributed by atoms with E-state index in [2.05, 4.69) is 6.92 Å². The van der Waals surface area contributed by atoms with Gasteiger partial charge in [0.1, 0.15) is 0 Å². The lowest BCUT2D eigenvalue weighted by molar-refractivity contribution is 0.00482. The number of hydrogen-bond donors (Lipinski definition) is 1. The predicted octanol–water partition coefficient (Wildman–Crippen LogP) is 1.98. The van der Waals surface area contributed by atoms with Gasteiger partial charge >= 0.3 is 0 Å². The summed E-state index contributed by atoms with van der Waals surface area (Å²) in [7, 11) is 3.30. The first kappa shape index (κ1) is 13.9. The standard InChI is InChI=1S/C11H24O3/c1-4-5-6-7-11(14-3)8-10(12)9-13-2/h10-12H,4-9H2,1-3H3/t10-,11-/m1/s1. The van der Waals surface area contributed by atoms with Crippen LogP contribution in [0.4, 0.5) is 0 Å². The molecule has 0 aromatic heterocycles. The number of unbranched alkanes of at least 4 members (excludes halogenated alkanes) is 2. The molecule has 0 bridgehead atoms. The predicted molar refractivity (Wildman–Crippen MR) is 57.4 cm³/mol. The van der Waals surface area contributed by atoms with E-state index in [0.29, 0.717) is 13.0 Å². The number of ether oxygens (including phenoxy) is 2. The maximum atomic E-state index is 9.50. The molecule has 2 atom stereocenters. The largest absolute Gasteiger partial charge is 0.391 e. The van der Waals surface area contributed by atoms with E-state index >= 15 is 0 Å². The van der Waals surface area contributed by atoms with E-state index < -0.39 is 6.10 Å². The van der Waals surface area contributed by atoms with E-state index in [-0.39, 0.29) is 6.10 Å². The molecule has 0 spiro atoms. The van der Waals surface area contributed by atoms with Gasteiger partial charge in [0, 0.05) is 20.6 Å². The van der Waals surface area contributed by atoms with Crippen LogP contribution in [-0.4, -0.2) is 38.1 Å². The van der Waals surface area contributed by atoms with E-state index in [0.717, 1.165) is 6.42 Å². The minimum Gasteiger partial charge on any atom is -0.391 e. The summed E-state index contributed by atoms with van der Waals surface area (Å²) in [5.74, 6) is 0. The second kappa shape index (κ2) is 9.44. The van der Waals surface area contributed by atoms with E-state index in [1.807, 2.05) is 0 Å². The molecule has 0 unspecified atom stereocenters. The van der Waals surface area contributed by atoms with Crippen molar-refractivity contribution in [3.63, 3.8) is 0 Å². The van der Waals surface area contributed by atoms with Crippen molar-refractivity contribution in [3.05, 3.63) is 0 Å². The first-order valence-corrected chi connectivity index (χ1v) is 5.44. The highest BCUT2D eigenvalue weighted by atomic mass is 16.5. The Labute approximate surface area is 87.4 Å². The summed E-state index contributed by atoms with van der Waals surface area (Å²) >= 11 is 0. The molecule has 0 saturated heterocycles. The average Bonchev–Trinajstić information content (AvgIpc) is 2.17. The summed E-state index contributed by atoms with van der Waals surface area (Å²) in [6, 6.07) is 0. The molecule has 14 heavy (non-hydrogen) atoms. The van der Waals surface area contributed by atoms with Gasteiger partial charge in [0.2, 0.25) is 0 Å². The Bertz CT molecular complexity index is 117. The van der Waals surface area contributed by atoms with Gasteiger partial charge in [-0.15, -0.1) is 0 Å². The highest BCUT2D eigenvalue weighted by Crippen LogP contribution is 2.11. The molecule has 0 aliphatic heterocycles. The normalized spacial score (nSPS) is 15.4. The Hall–Kier alpha value is -0.120. The van der Waals surface area contributed by atoms with Gasteiger partial charge in [0.15, 0.2) is 0 Å². The molecule has 3 nitrogen and oxygen atoms in total. The van der Waals surface area contributed by atoms with Crippen LogP contribution in [-0.2, 0) is 9.47 Å². The first-order valence-electron chi connectivity index (χ1n) is 5.44. The molecule has 0 aromatic rings. The van der Waals surface area contributed by atoms with Crippen LogP contribution < -0.4 is 0 Å². The number of hydrogen-bond acceptors (Lipinski definition) is 3. The van der Waals surface area contributed by atoms with Gasteiger partial charge in [0.05, 0.1) is 18.8 Å². The van der Waals surface area contributed by atoms with Crippen molar-refractivity contribution in [2.45, 2.75) is 51.2 Å². The first-order chi connectivity index (χ1) is 6.74. The van der Waals surface area contributed by atoms with Crippen molar-refractivity contribution in [1.82, 2.24) is 0 Å². The maximum Gasteiger partial charge on any atom is 0.0798 e. The molecule has 0 heterocycles. The van der Waals surface area contributed by atoms with E-state index in [4.69, 9.17) is 9.47 Å². The lowest BCUT2D eigenvalue weighted by Crippen LogP contribution is -2.23. The molecule has 0 amide bonds. The fraction of sp³-hybridized carbons (Fsp3) is 1.00. The fourth-order valence-electron chi connectivity index (χ4n) is 1.52. The molecule has 3 heteroatoms. The molecule has 0 fully saturated rings. The number of aliphatic hydroxyl groups is 1. The third kappa shape index (κ3) is 7.30. The molecular formula is C11H24O3. The Morgan fingerprint density at radius 1 is 1.21 bits per heavy atom. The zero-order valence-corrected chi connectivity index (χ0v) is 9.66. The van der Waals surface area contributed by atoms with Gasteiger partial charge in [-0.05, 0) is 6.42 Å². The van der Waals surface area contributed by atoms with Gasteiger partial charge in [-0.3, -0.25) is 0 Å². The van der Waals surface area contributed by atoms with Crippen LogP contribution in [0.3, 0.4) is 0 Å². The Balaban J connectivity index is 3.55. The number of methoxy groups -OCH3 is 2. The summed E-state index contributed by atoms with van der Waals surface area (Å²) in [4.78, 5) is 0. The summed E-state index contributed by atoms with van der Waals surface area (Å²) in [5.41, 5.74) is 0. The quantitative estimate of drug-likeness (QED) is 0.584. The third-order valence-electron chi connectivity index (χ3n) is 2.36. The molecule has 0 aromatic carbocycles. The second-order valence-electron chi connectivity index (χ2n) is 3.70. The van der Waals surface area contributed by atoms with Gasteiger partial charge in [-0.25, -0.2) is 0 Å². The summed E-state index contributed by atoms with van der Waals surface area (Å²) in [5, 5.41) is 9.50. The van der Waals surface area contributed by atoms with E-state index in [1.165, 1.54) is 19.3 Å². The number of aliphatic hydroxyl groups excluding tert-OH is 1. The van der Waals surface area contributed by atoms with Crippen LogP contribution in [0.25, 0.3) is 0 Å². The third-order valence-corrected chi connectivity index (χ3v) is 2.36. The second-order valence-corrected chi connectivity index (χ2v) is 3.70. The maximum absolute atomic E-state index is 9.50. The Morgan fingerprint density at radius 2 is 1.93 bits per heavy atom. The zero-order chi connectivity index (χ0) is 10.8. The molecule has 0 aliphatic carbocycles. The minimum absolute atomic E-state index is 0.173. The van der Waals surface area contributed by atoms with Crippen LogP contribution in [0.2, 0.25) is 0 Å². The Morgan fingerprint density at radius 3 is 2.43 bits per heavy atom. The highest BCUT2D eigenvalue weighted by Gasteiger charge is 2.13. The van der Waals surface area contributed by atoms with Crippen LogP contribution in [0.5, 0.6) is 0 Å². The topological polar surface area (TPSA) is 38.7 Å². The number of rotatable bonds is 9. The SMILES string of the molecule is CCCCC[C@H](C[C@@H](O)COC)OC. The molecule has 0 aliphatic rings. The molecule has 86 valence electrons. The van der Waals surface area contributed by atoms with Crippen molar-refractivity contribution in [3.8, 4) is 0 Å². The van der Waals surface area contributed by atoms with Crippen LogP contribution in [0.15, 0.2) is 0 Å². The molecule has 1 N–H and O–H groups in total. The van der Waals surface area contributed by atoms with Gasteiger partial charge in [-0.2, -0.15) is 0 Å². The molecular weight excluding hydrogens is 180 g/mol.